The Morgan fingerprint density at radius 2 is 2.14 bits per heavy atom. The summed E-state index contributed by atoms with van der Waals surface area (Å²) in [4.78, 5) is 0. The SMILES string of the molecule is CCc1ccc(N)c(C=CCCN)c1. The van der Waals surface area contributed by atoms with Gasteiger partial charge in [0.1, 0.15) is 0 Å². The lowest BCUT2D eigenvalue weighted by Gasteiger charge is -2.03. The average molecular weight is 190 g/mol. The summed E-state index contributed by atoms with van der Waals surface area (Å²) in [6.07, 6.45) is 6.04. The van der Waals surface area contributed by atoms with Gasteiger partial charge in [-0.1, -0.05) is 25.1 Å². The van der Waals surface area contributed by atoms with E-state index in [1.165, 1.54) is 5.56 Å². The van der Waals surface area contributed by atoms with Crippen LogP contribution in [-0.2, 0) is 6.42 Å². The van der Waals surface area contributed by atoms with Crippen LogP contribution in [0.4, 0.5) is 5.69 Å². The van der Waals surface area contributed by atoms with Crippen LogP contribution in [0.15, 0.2) is 24.3 Å². The van der Waals surface area contributed by atoms with E-state index >= 15 is 0 Å². The first-order valence-electron chi connectivity index (χ1n) is 5.03. The first-order chi connectivity index (χ1) is 6.77. The van der Waals surface area contributed by atoms with Gasteiger partial charge in [-0.05, 0) is 42.6 Å². The van der Waals surface area contributed by atoms with Crippen molar-refractivity contribution in [2.45, 2.75) is 19.8 Å². The van der Waals surface area contributed by atoms with Crippen LogP contribution in [0.2, 0.25) is 0 Å². The van der Waals surface area contributed by atoms with E-state index in [4.69, 9.17) is 11.5 Å². The highest BCUT2D eigenvalue weighted by molar-refractivity contribution is 5.65. The fourth-order valence-corrected chi connectivity index (χ4v) is 1.30. The van der Waals surface area contributed by atoms with Crippen LogP contribution in [0.5, 0.6) is 0 Å². The molecule has 0 bridgehead atoms. The molecular formula is C12H18N2. The molecule has 0 atom stereocenters. The molecule has 0 spiro atoms. The van der Waals surface area contributed by atoms with Gasteiger partial charge in [0.2, 0.25) is 0 Å². The van der Waals surface area contributed by atoms with E-state index in [2.05, 4.69) is 25.1 Å². The first-order valence-corrected chi connectivity index (χ1v) is 5.03. The lowest BCUT2D eigenvalue weighted by molar-refractivity contribution is 1.01. The molecule has 14 heavy (non-hydrogen) atoms. The predicted molar refractivity (Wildman–Crippen MR) is 62.9 cm³/mol. The van der Waals surface area contributed by atoms with Gasteiger partial charge in [0.25, 0.3) is 0 Å². The van der Waals surface area contributed by atoms with Crippen LogP contribution < -0.4 is 11.5 Å². The normalized spacial score (nSPS) is 11.0. The second-order valence-corrected chi connectivity index (χ2v) is 3.30. The summed E-state index contributed by atoms with van der Waals surface area (Å²) in [5, 5.41) is 0. The summed E-state index contributed by atoms with van der Waals surface area (Å²) in [6, 6.07) is 6.15. The highest BCUT2D eigenvalue weighted by Gasteiger charge is 1.95. The summed E-state index contributed by atoms with van der Waals surface area (Å²) >= 11 is 0. The van der Waals surface area contributed by atoms with Gasteiger partial charge in [0.15, 0.2) is 0 Å². The number of aryl methyl sites for hydroxylation is 1. The molecule has 0 amide bonds. The minimum atomic E-state index is 0.684. The predicted octanol–water partition coefficient (Wildman–Crippen LogP) is 2.19. The van der Waals surface area contributed by atoms with Crippen molar-refractivity contribution in [1.29, 1.82) is 0 Å². The van der Waals surface area contributed by atoms with Crippen LogP contribution in [-0.4, -0.2) is 6.54 Å². The van der Waals surface area contributed by atoms with Gasteiger partial charge in [-0.2, -0.15) is 0 Å². The van der Waals surface area contributed by atoms with E-state index in [0.717, 1.165) is 24.1 Å². The van der Waals surface area contributed by atoms with Crippen molar-refractivity contribution in [2.75, 3.05) is 12.3 Å². The summed E-state index contributed by atoms with van der Waals surface area (Å²) < 4.78 is 0. The Hall–Kier alpha value is -1.28. The van der Waals surface area contributed by atoms with Crippen molar-refractivity contribution in [3.05, 3.63) is 35.4 Å². The molecule has 0 aliphatic rings. The van der Waals surface area contributed by atoms with Crippen LogP contribution in [0.25, 0.3) is 6.08 Å². The second kappa shape index (κ2) is 5.45. The van der Waals surface area contributed by atoms with Crippen molar-refractivity contribution < 1.29 is 0 Å². The first kappa shape index (κ1) is 10.8. The molecule has 0 unspecified atom stereocenters. The fraction of sp³-hybridized carbons (Fsp3) is 0.333. The van der Waals surface area contributed by atoms with Crippen molar-refractivity contribution in [1.82, 2.24) is 0 Å². The number of hydrogen-bond donors (Lipinski definition) is 2. The molecule has 2 nitrogen and oxygen atoms in total. The molecule has 1 aromatic carbocycles. The summed E-state index contributed by atoms with van der Waals surface area (Å²) in [7, 11) is 0. The highest BCUT2D eigenvalue weighted by Crippen LogP contribution is 2.16. The van der Waals surface area contributed by atoms with Gasteiger partial charge >= 0.3 is 0 Å². The van der Waals surface area contributed by atoms with Crippen LogP contribution in [0.3, 0.4) is 0 Å². The van der Waals surface area contributed by atoms with E-state index < -0.39 is 0 Å². The highest BCUT2D eigenvalue weighted by atomic mass is 14.6. The summed E-state index contributed by atoms with van der Waals surface area (Å²) in [6.45, 7) is 2.82. The van der Waals surface area contributed by atoms with Gasteiger partial charge in [-0.25, -0.2) is 0 Å². The van der Waals surface area contributed by atoms with Gasteiger partial charge < -0.3 is 11.5 Å². The van der Waals surface area contributed by atoms with E-state index in [1.54, 1.807) is 0 Å². The summed E-state index contributed by atoms with van der Waals surface area (Å²) in [5.74, 6) is 0. The maximum atomic E-state index is 5.84. The number of nitrogens with two attached hydrogens (primary N) is 2. The van der Waals surface area contributed by atoms with Crippen molar-refractivity contribution >= 4 is 11.8 Å². The van der Waals surface area contributed by atoms with E-state index in [0.29, 0.717) is 6.54 Å². The van der Waals surface area contributed by atoms with Crippen molar-refractivity contribution in [2.24, 2.45) is 5.73 Å². The number of anilines is 1. The monoisotopic (exact) mass is 190 g/mol. The average Bonchev–Trinajstić information content (AvgIpc) is 2.21. The van der Waals surface area contributed by atoms with Gasteiger partial charge in [0, 0.05) is 5.69 Å². The minimum absolute atomic E-state index is 0.684. The maximum Gasteiger partial charge on any atom is 0.0387 e. The third-order valence-corrected chi connectivity index (χ3v) is 2.19. The standard InChI is InChI=1S/C12H18N2/c1-2-10-6-7-12(14)11(9-10)5-3-4-8-13/h3,5-7,9H,2,4,8,13-14H2,1H3. The molecule has 1 aromatic rings. The Labute approximate surface area is 85.6 Å². The molecule has 0 aliphatic carbocycles. The number of rotatable bonds is 4. The smallest absolute Gasteiger partial charge is 0.0387 e. The molecule has 0 radical (unpaired) electrons. The second-order valence-electron chi connectivity index (χ2n) is 3.30. The van der Waals surface area contributed by atoms with Crippen molar-refractivity contribution in [3.8, 4) is 0 Å². The zero-order valence-corrected chi connectivity index (χ0v) is 8.66. The third kappa shape index (κ3) is 2.89. The molecule has 76 valence electrons. The third-order valence-electron chi connectivity index (χ3n) is 2.19. The minimum Gasteiger partial charge on any atom is -0.398 e. The van der Waals surface area contributed by atoms with Crippen LogP contribution >= 0.6 is 0 Å². The number of hydrogen-bond acceptors (Lipinski definition) is 2. The Kier molecular flexibility index (Phi) is 4.20. The van der Waals surface area contributed by atoms with Gasteiger partial charge in [-0.3, -0.25) is 0 Å². The molecular weight excluding hydrogens is 172 g/mol. The molecule has 2 heteroatoms. The summed E-state index contributed by atoms with van der Waals surface area (Å²) in [5.41, 5.74) is 14.5. The van der Waals surface area contributed by atoms with Crippen LogP contribution in [0, 0.1) is 0 Å². The zero-order chi connectivity index (χ0) is 10.4. The topological polar surface area (TPSA) is 52.0 Å². The number of nitrogen functional groups attached to an aromatic ring is 1. The van der Waals surface area contributed by atoms with Crippen molar-refractivity contribution in [3.63, 3.8) is 0 Å². The van der Waals surface area contributed by atoms with Crippen LogP contribution in [0.1, 0.15) is 24.5 Å². The van der Waals surface area contributed by atoms with E-state index in [1.807, 2.05) is 12.1 Å². The molecule has 0 aromatic heterocycles. The molecule has 0 saturated carbocycles. The Bertz CT molecular complexity index is 316. The van der Waals surface area contributed by atoms with Gasteiger partial charge in [0.05, 0.1) is 0 Å². The Morgan fingerprint density at radius 1 is 1.36 bits per heavy atom. The fourth-order valence-electron chi connectivity index (χ4n) is 1.30. The largest absolute Gasteiger partial charge is 0.398 e. The number of benzene rings is 1. The lowest BCUT2D eigenvalue weighted by Crippen LogP contribution is -1.95. The quantitative estimate of drug-likeness (QED) is 0.715. The lowest BCUT2D eigenvalue weighted by atomic mass is 10.1. The Balaban J connectivity index is 2.83. The zero-order valence-electron chi connectivity index (χ0n) is 8.66. The molecule has 1 rings (SSSR count). The molecule has 4 N–H and O–H groups in total. The van der Waals surface area contributed by atoms with E-state index in [9.17, 15) is 0 Å². The molecule has 0 saturated heterocycles. The maximum absolute atomic E-state index is 5.84. The molecule has 0 fully saturated rings. The molecule has 0 aliphatic heterocycles. The van der Waals surface area contributed by atoms with E-state index in [-0.39, 0.29) is 0 Å². The molecule has 0 heterocycles. The van der Waals surface area contributed by atoms with Gasteiger partial charge in [-0.15, -0.1) is 0 Å². The Morgan fingerprint density at radius 3 is 2.79 bits per heavy atom.